The van der Waals surface area contributed by atoms with Gasteiger partial charge in [0, 0.05) is 56.4 Å². The van der Waals surface area contributed by atoms with Crippen molar-refractivity contribution >= 4 is 22.4 Å². The molecule has 27 heavy (non-hydrogen) atoms. The summed E-state index contributed by atoms with van der Waals surface area (Å²) in [6.45, 7) is 4.96. The molecule has 0 aliphatic carbocycles. The van der Waals surface area contributed by atoms with Crippen molar-refractivity contribution in [3.05, 3.63) is 77.9 Å². The highest BCUT2D eigenvalue weighted by atomic mass is 16.1. The lowest BCUT2D eigenvalue weighted by atomic mass is 10.1. The topological polar surface area (TPSA) is 35.6 Å². The van der Waals surface area contributed by atoms with Gasteiger partial charge in [0.05, 0.1) is 0 Å². The normalized spacial score (nSPS) is 15.1. The number of amides is 1. The van der Waals surface area contributed by atoms with Crippen molar-refractivity contribution in [2.75, 3.05) is 38.1 Å². The first-order valence-corrected chi connectivity index (χ1v) is 9.51. The molecular formula is C23H25N3O. The molecule has 0 atom stereocenters. The first-order chi connectivity index (χ1) is 13.2. The van der Waals surface area contributed by atoms with Crippen LogP contribution in [0, 0.1) is 0 Å². The maximum absolute atomic E-state index is 11.8. The third kappa shape index (κ3) is 3.81. The minimum Gasteiger partial charge on any atom is -0.368 e. The minimum atomic E-state index is -0.0300. The average molecular weight is 359 g/mol. The average Bonchev–Trinajstić information content (AvgIpc) is 2.73. The van der Waals surface area contributed by atoms with Crippen molar-refractivity contribution in [3.8, 4) is 0 Å². The fraction of sp³-hybridized carbons (Fsp3) is 0.261. The Hall–Kier alpha value is -2.85. The van der Waals surface area contributed by atoms with Crippen molar-refractivity contribution in [1.29, 1.82) is 0 Å². The zero-order valence-corrected chi connectivity index (χ0v) is 15.7. The van der Waals surface area contributed by atoms with Gasteiger partial charge in [-0.25, -0.2) is 0 Å². The van der Waals surface area contributed by atoms with Gasteiger partial charge in [0.15, 0.2) is 0 Å². The van der Waals surface area contributed by atoms with Crippen LogP contribution >= 0.6 is 0 Å². The van der Waals surface area contributed by atoms with Crippen LogP contribution in [0.25, 0.3) is 10.8 Å². The van der Waals surface area contributed by atoms with Gasteiger partial charge in [-0.1, -0.05) is 48.5 Å². The minimum absolute atomic E-state index is 0.0300. The molecule has 3 aromatic rings. The highest BCUT2D eigenvalue weighted by Gasteiger charge is 2.19. The van der Waals surface area contributed by atoms with Crippen LogP contribution in [-0.4, -0.2) is 44.0 Å². The first-order valence-electron chi connectivity index (χ1n) is 9.51. The molecule has 0 aromatic heterocycles. The Kier molecular flexibility index (Phi) is 5.07. The van der Waals surface area contributed by atoms with E-state index in [-0.39, 0.29) is 5.91 Å². The number of hydrogen-bond donors (Lipinski definition) is 1. The van der Waals surface area contributed by atoms with E-state index >= 15 is 0 Å². The summed E-state index contributed by atoms with van der Waals surface area (Å²) >= 11 is 0. The molecule has 1 amide bonds. The molecule has 1 aliphatic heterocycles. The van der Waals surface area contributed by atoms with Gasteiger partial charge in [-0.3, -0.25) is 9.69 Å². The van der Waals surface area contributed by atoms with E-state index in [0.717, 1.165) is 38.3 Å². The second-order valence-electron chi connectivity index (χ2n) is 7.04. The summed E-state index contributed by atoms with van der Waals surface area (Å²) in [5, 5.41) is 5.31. The highest BCUT2D eigenvalue weighted by Crippen LogP contribution is 2.27. The molecule has 0 bridgehead atoms. The van der Waals surface area contributed by atoms with Crippen LogP contribution in [-0.2, 0) is 6.54 Å². The number of anilines is 1. The van der Waals surface area contributed by atoms with Gasteiger partial charge in [-0.15, -0.1) is 0 Å². The van der Waals surface area contributed by atoms with Crippen LogP contribution < -0.4 is 10.2 Å². The van der Waals surface area contributed by atoms with Crippen LogP contribution in [0.3, 0.4) is 0 Å². The van der Waals surface area contributed by atoms with Gasteiger partial charge in [-0.2, -0.15) is 0 Å². The molecule has 0 saturated carbocycles. The summed E-state index contributed by atoms with van der Waals surface area (Å²) in [6.07, 6.45) is 0. The van der Waals surface area contributed by atoms with Crippen molar-refractivity contribution < 1.29 is 4.79 Å². The second kappa shape index (κ2) is 7.80. The van der Waals surface area contributed by atoms with E-state index in [1.54, 1.807) is 7.05 Å². The Bertz CT molecular complexity index is 940. The third-order valence-corrected chi connectivity index (χ3v) is 5.30. The lowest BCUT2D eigenvalue weighted by Gasteiger charge is -2.36. The molecule has 138 valence electrons. The summed E-state index contributed by atoms with van der Waals surface area (Å²) in [5.74, 6) is -0.0300. The molecule has 0 radical (unpaired) electrons. The molecule has 0 spiro atoms. The molecule has 0 unspecified atom stereocenters. The number of nitrogens with one attached hydrogen (secondary N) is 1. The van der Waals surface area contributed by atoms with Crippen molar-refractivity contribution in [2.45, 2.75) is 6.54 Å². The van der Waals surface area contributed by atoms with Crippen LogP contribution in [0.15, 0.2) is 66.7 Å². The van der Waals surface area contributed by atoms with Crippen LogP contribution in [0.1, 0.15) is 15.9 Å². The number of nitrogens with zero attached hydrogens (tertiary/aromatic N) is 2. The number of piperazine rings is 1. The number of carbonyl (C=O) groups excluding carboxylic acids is 1. The number of carbonyl (C=O) groups is 1. The van der Waals surface area contributed by atoms with Crippen LogP contribution in [0.5, 0.6) is 0 Å². The molecule has 1 saturated heterocycles. The Morgan fingerprint density at radius 2 is 1.67 bits per heavy atom. The molecule has 1 heterocycles. The van der Waals surface area contributed by atoms with E-state index in [1.165, 1.54) is 22.0 Å². The summed E-state index contributed by atoms with van der Waals surface area (Å²) in [7, 11) is 1.67. The zero-order valence-electron chi connectivity index (χ0n) is 15.7. The SMILES string of the molecule is CNC(=O)c1cccc(CN2CCN(c3cccc4ccccc34)CC2)c1. The number of rotatable bonds is 4. The fourth-order valence-corrected chi connectivity index (χ4v) is 3.84. The van der Waals surface area contributed by atoms with E-state index in [2.05, 4.69) is 63.6 Å². The predicted octanol–water partition coefficient (Wildman–Crippen LogP) is 3.52. The smallest absolute Gasteiger partial charge is 0.251 e. The van der Waals surface area contributed by atoms with E-state index in [9.17, 15) is 4.79 Å². The Morgan fingerprint density at radius 1 is 0.926 bits per heavy atom. The van der Waals surface area contributed by atoms with Crippen LogP contribution in [0.4, 0.5) is 5.69 Å². The summed E-state index contributed by atoms with van der Waals surface area (Å²) < 4.78 is 0. The maximum Gasteiger partial charge on any atom is 0.251 e. The molecule has 4 nitrogen and oxygen atoms in total. The predicted molar refractivity (Wildman–Crippen MR) is 111 cm³/mol. The lowest BCUT2D eigenvalue weighted by molar-refractivity contribution is 0.0963. The van der Waals surface area contributed by atoms with Gasteiger partial charge in [0.1, 0.15) is 0 Å². The van der Waals surface area contributed by atoms with Gasteiger partial charge in [0.2, 0.25) is 0 Å². The summed E-state index contributed by atoms with van der Waals surface area (Å²) in [6, 6.07) is 23.1. The summed E-state index contributed by atoms with van der Waals surface area (Å²) in [5.41, 5.74) is 3.24. The maximum atomic E-state index is 11.8. The van der Waals surface area contributed by atoms with Crippen molar-refractivity contribution in [1.82, 2.24) is 10.2 Å². The van der Waals surface area contributed by atoms with Gasteiger partial charge in [-0.05, 0) is 29.1 Å². The monoisotopic (exact) mass is 359 g/mol. The Balaban J connectivity index is 1.43. The molecule has 1 N–H and O–H groups in total. The first kappa shape index (κ1) is 17.6. The van der Waals surface area contributed by atoms with Crippen molar-refractivity contribution in [3.63, 3.8) is 0 Å². The highest BCUT2D eigenvalue weighted by molar-refractivity contribution is 5.94. The fourth-order valence-electron chi connectivity index (χ4n) is 3.84. The number of fused-ring (bicyclic) bond motifs is 1. The quantitative estimate of drug-likeness (QED) is 0.774. The van der Waals surface area contributed by atoms with Crippen LogP contribution in [0.2, 0.25) is 0 Å². The number of hydrogen-bond acceptors (Lipinski definition) is 3. The van der Waals surface area contributed by atoms with Gasteiger partial charge >= 0.3 is 0 Å². The largest absolute Gasteiger partial charge is 0.368 e. The standard InChI is InChI=1S/C23H25N3O/c1-24-23(27)20-9-4-6-18(16-20)17-25-12-14-26(15-13-25)22-11-5-8-19-7-2-3-10-21(19)22/h2-11,16H,12-15,17H2,1H3,(H,24,27). The zero-order chi connectivity index (χ0) is 18.6. The Morgan fingerprint density at radius 3 is 2.48 bits per heavy atom. The van der Waals surface area contributed by atoms with Gasteiger partial charge < -0.3 is 10.2 Å². The Labute approximate surface area is 160 Å². The van der Waals surface area contributed by atoms with E-state index < -0.39 is 0 Å². The van der Waals surface area contributed by atoms with E-state index in [0.29, 0.717) is 0 Å². The molecule has 1 fully saturated rings. The molecule has 4 heteroatoms. The molecule has 3 aromatic carbocycles. The second-order valence-corrected chi connectivity index (χ2v) is 7.04. The molecule has 1 aliphatic rings. The van der Waals surface area contributed by atoms with Crippen molar-refractivity contribution in [2.24, 2.45) is 0 Å². The number of benzene rings is 3. The van der Waals surface area contributed by atoms with Gasteiger partial charge in [0.25, 0.3) is 5.91 Å². The van der Waals surface area contributed by atoms with E-state index in [4.69, 9.17) is 0 Å². The third-order valence-electron chi connectivity index (χ3n) is 5.30. The lowest BCUT2D eigenvalue weighted by Crippen LogP contribution is -2.46. The van der Waals surface area contributed by atoms with E-state index in [1.807, 2.05) is 18.2 Å². The summed E-state index contributed by atoms with van der Waals surface area (Å²) in [4.78, 5) is 16.8. The molecular weight excluding hydrogens is 334 g/mol. The molecule has 4 rings (SSSR count).